The molecule has 0 aliphatic carbocycles. The van der Waals surface area contributed by atoms with E-state index < -0.39 is 29.0 Å². The standard InChI is InChI=1S/C11H21NO5/c1-7(5-6-13)11(12,8(14)15)9(16)17-10(2,3)4/h7,13H,5-6,12H2,1-4H3,(H,14,15)/t7?,11-/m0/s1. The van der Waals surface area contributed by atoms with Gasteiger partial charge in [0, 0.05) is 6.61 Å². The summed E-state index contributed by atoms with van der Waals surface area (Å²) >= 11 is 0. The summed E-state index contributed by atoms with van der Waals surface area (Å²) in [5, 5.41) is 17.9. The van der Waals surface area contributed by atoms with Crippen LogP contribution >= 0.6 is 0 Å². The molecule has 0 aromatic heterocycles. The molecule has 0 aromatic rings. The molecular formula is C11H21NO5. The first-order valence-corrected chi connectivity index (χ1v) is 5.42. The van der Waals surface area contributed by atoms with Crippen LogP contribution in [0.3, 0.4) is 0 Å². The van der Waals surface area contributed by atoms with E-state index >= 15 is 0 Å². The van der Waals surface area contributed by atoms with Crippen molar-refractivity contribution in [2.75, 3.05) is 6.61 Å². The summed E-state index contributed by atoms with van der Waals surface area (Å²) in [5.74, 6) is -3.16. The van der Waals surface area contributed by atoms with Gasteiger partial charge in [-0.2, -0.15) is 0 Å². The van der Waals surface area contributed by atoms with Gasteiger partial charge in [0.1, 0.15) is 5.60 Å². The molecule has 0 rings (SSSR count). The van der Waals surface area contributed by atoms with E-state index in [0.717, 1.165) is 0 Å². The Morgan fingerprint density at radius 2 is 1.82 bits per heavy atom. The van der Waals surface area contributed by atoms with E-state index in [0.29, 0.717) is 0 Å². The lowest BCUT2D eigenvalue weighted by Gasteiger charge is -2.32. The second-order valence-corrected chi connectivity index (χ2v) is 5.09. The third kappa shape index (κ3) is 3.98. The van der Waals surface area contributed by atoms with Gasteiger partial charge in [0.05, 0.1) is 0 Å². The number of aliphatic hydroxyl groups excluding tert-OH is 1. The zero-order chi connectivity index (χ0) is 13.9. The molecule has 17 heavy (non-hydrogen) atoms. The van der Waals surface area contributed by atoms with E-state index in [2.05, 4.69) is 0 Å². The first-order chi connectivity index (χ1) is 7.55. The van der Waals surface area contributed by atoms with Gasteiger partial charge < -0.3 is 20.7 Å². The Balaban J connectivity index is 5.08. The molecule has 0 spiro atoms. The van der Waals surface area contributed by atoms with Crippen LogP contribution in [0.5, 0.6) is 0 Å². The highest BCUT2D eigenvalue weighted by Gasteiger charge is 2.49. The minimum Gasteiger partial charge on any atom is -0.479 e. The molecule has 0 saturated carbocycles. The highest BCUT2D eigenvalue weighted by atomic mass is 16.6. The van der Waals surface area contributed by atoms with Crippen molar-refractivity contribution in [2.24, 2.45) is 11.7 Å². The Morgan fingerprint density at radius 1 is 1.35 bits per heavy atom. The van der Waals surface area contributed by atoms with Crippen LogP contribution in [0.2, 0.25) is 0 Å². The first-order valence-electron chi connectivity index (χ1n) is 5.42. The molecule has 6 nitrogen and oxygen atoms in total. The average molecular weight is 247 g/mol. The molecule has 0 radical (unpaired) electrons. The van der Waals surface area contributed by atoms with E-state index in [9.17, 15) is 9.59 Å². The average Bonchev–Trinajstić information content (AvgIpc) is 2.13. The number of hydrogen-bond donors (Lipinski definition) is 3. The molecule has 6 heteroatoms. The van der Waals surface area contributed by atoms with Gasteiger partial charge in [-0.25, -0.2) is 9.59 Å². The maximum Gasteiger partial charge on any atom is 0.338 e. The fourth-order valence-electron chi connectivity index (χ4n) is 1.28. The SMILES string of the molecule is CC(CCO)[C@](N)(C(=O)O)C(=O)OC(C)(C)C. The lowest BCUT2D eigenvalue weighted by Crippen LogP contribution is -2.61. The Kier molecular flexibility index (Phi) is 5.10. The third-order valence-corrected chi connectivity index (χ3v) is 2.43. The van der Waals surface area contributed by atoms with Crippen molar-refractivity contribution in [2.45, 2.75) is 45.3 Å². The fraction of sp³-hybridized carbons (Fsp3) is 0.818. The predicted molar refractivity (Wildman–Crippen MR) is 61.3 cm³/mol. The summed E-state index contributed by atoms with van der Waals surface area (Å²) in [6.07, 6.45) is 0.113. The molecule has 0 aromatic carbocycles. The minimum atomic E-state index is -2.13. The molecule has 0 amide bonds. The van der Waals surface area contributed by atoms with Crippen molar-refractivity contribution >= 4 is 11.9 Å². The number of carboxylic acids is 1. The Bertz CT molecular complexity index is 297. The topological polar surface area (TPSA) is 110 Å². The number of carboxylic acid groups (broad SMARTS) is 1. The van der Waals surface area contributed by atoms with Gasteiger partial charge in [0.2, 0.25) is 5.54 Å². The van der Waals surface area contributed by atoms with Crippen LogP contribution in [0.15, 0.2) is 0 Å². The highest BCUT2D eigenvalue weighted by molar-refractivity contribution is 6.04. The van der Waals surface area contributed by atoms with Crippen LogP contribution in [0.4, 0.5) is 0 Å². The third-order valence-electron chi connectivity index (χ3n) is 2.43. The fourth-order valence-corrected chi connectivity index (χ4v) is 1.28. The molecule has 0 aliphatic heterocycles. The molecular weight excluding hydrogens is 226 g/mol. The maximum atomic E-state index is 11.8. The molecule has 0 aliphatic rings. The smallest absolute Gasteiger partial charge is 0.338 e. The van der Waals surface area contributed by atoms with Gasteiger partial charge in [-0.3, -0.25) is 0 Å². The number of esters is 1. The van der Waals surface area contributed by atoms with Crippen LogP contribution < -0.4 is 5.73 Å². The van der Waals surface area contributed by atoms with Crippen LogP contribution in [-0.2, 0) is 14.3 Å². The van der Waals surface area contributed by atoms with E-state index in [1.807, 2.05) is 0 Å². The van der Waals surface area contributed by atoms with Crippen molar-refractivity contribution in [3.05, 3.63) is 0 Å². The van der Waals surface area contributed by atoms with Gasteiger partial charge in [0.15, 0.2) is 0 Å². The summed E-state index contributed by atoms with van der Waals surface area (Å²) in [6, 6.07) is 0. The molecule has 0 heterocycles. The molecule has 0 bridgehead atoms. The highest BCUT2D eigenvalue weighted by Crippen LogP contribution is 2.23. The van der Waals surface area contributed by atoms with Crippen LogP contribution in [0, 0.1) is 5.92 Å². The quantitative estimate of drug-likeness (QED) is 0.470. The monoisotopic (exact) mass is 247 g/mol. The van der Waals surface area contributed by atoms with E-state index in [1.165, 1.54) is 6.92 Å². The number of aliphatic hydroxyl groups is 1. The predicted octanol–water partition coefficient (Wildman–Crippen LogP) is 0.129. The maximum absolute atomic E-state index is 11.8. The number of ether oxygens (including phenoxy) is 1. The second-order valence-electron chi connectivity index (χ2n) is 5.09. The largest absolute Gasteiger partial charge is 0.479 e. The minimum absolute atomic E-state index is 0.113. The van der Waals surface area contributed by atoms with Crippen molar-refractivity contribution in [3.63, 3.8) is 0 Å². The molecule has 0 fully saturated rings. The van der Waals surface area contributed by atoms with Crippen molar-refractivity contribution < 1.29 is 24.5 Å². The number of hydrogen-bond acceptors (Lipinski definition) is 5. The van der Waals surface area contributed by atoms with Gasteiger partial charge in [-0.05, 0) is 33.1 Å². The molecule has 4 N–H and O–H groups in total. The van der Waals surface area contributed by atoms with E-state index in [4.69, 9.17) is 20.7 Å². The van der Waals surface area contributed by atoms with Gasteiger partial charge in [-0.15, -0.1) is 0 Å². The van der Waals surface area contributed by atoms with Crippen molar-refractivity contribution in [1.29, 1.82) is 0 Å². The van der Waals surface area contributed by atoms with Crippen molar-refractivity contribution in [1.82, 2.24) is 0 Å². The zero-order valence-electron chi connectivity index (χ0n) is 10.7. The normalized spacial score (nSPS) is 17.1. The van der Waals surface area contributed by atoms with E-state index in [-0.39, 0.29) is 13.0 Å². The zero-order valence-corrected chi connectivity index (χ0v) is 10.7. The number of nitrogens with two attached hydrogens (primary N) is 1. The van der Waals surface area contributed by atoms with Crippen LogP contribution in [0.1, 0.15) is 34.1 Å². The number of carbonyl (C=O) groups excluding carboxylic acids is 1. The lowest BCUT2D eigenvalue weighted by molar-refractivity contribution is -0.172. The van der Waals surface area contributed by atoms with Crippen LogP contribution in [-0.4, -0.2) is 39.9 Å². The second kappa shape index (κ2) is 5.46. The van der Waals surface area contributed by atoms with Gasteiger partial charge >= 0.3 is 11.9 Å². The molecule has 100 valence electrons. The van der Waals surface area contributed by atoms with Crippen molar-refractivity contribution in [3.8, 4) is 0 Å². The number of aliphatic carboxylic acids is 1. The molecule has 1 unspecified atom stereocenters. The first kappa shape index (κ1) is 15.9. The Morgan fingerprint density at radius 3 is 2.12 bits per heavy atom. The summed E-state index contributed by atoms with van der Waals surface area (Å²) < 4.78 is 5.01. The summed E-state index contributed by atoms with van der Waals surface area (Å²) in [4.78, 5) is 23.0. The van der Waals surface area contributed by atoms with Gasteiger partial charge in [0.25, 0.3) is 0 Å². The Hall–Kier alpha value is -1.14. The van der Waals surface area contributed by atoms with Crippen LogP contribution in [0.25, 0.3) is 0 Å². The Labute approximate surface area is 101 Å². The number of rotatable bonds is 5. The summed E-state index contributed by atoms with van der Waals surface area (Å²) in [7, 11) is 0. The van der Waals surface area contributed by atoms with E-state index in [1.54, 1.807) is 20.8 Å². The molecule has 0 saturated heterocycles. The van der Waals surface area contributed by atoms with Gasteiger partial charge in [-0.1, -0.05) is 6.92 Å². The number of carbonyl (C=O) groups is 2. The summed E-state index contributed by atoms with van der Waals surface area (Å²) in [5.41, 5.74) is 2.70. The molecule has 2 atom stereocenters. The lowest BCUT2D eigenvalue weighted by atomic mass is 9.84. The summed E-state index contributed by atoms with van der Waals surface area (Å²) in [6.45, 7) is 6.14.